The first kappa shape index (κ1) is 12.5. The third-order valence-electron chi connectivity index (χ3n) is 2.72. The smallest absolute Gasteiger partial charge is 0.409 e. The third kappa shape index (κ3) is 3.24. The van der Waals surface area contributed by atoms with Crippen LogP contribution < -0.4 is 10.5 Å². The van der Waals surface area contributed by atoms with Crippen molar-refractivity contribution in [2.24, 2.45) is 5.73 Å². The number of amides is 1. The highest BCUT2D eigenvalue weighted by Crippen LogP contribution is 2.25. The summed E-state index contributed by atoms with van der Waals surface area (Å²) >= 11 is 0. The van der Waals surface area contributed by atoms with Gasteiger partial charge in [0.2, 0.25) is 0 Å². The summed E-state index contributed by atoms with van der Waals surface area (Å²) in [6.07, 6.45) is -0.782. The maximum atomic E-state index is 10.6. The van der Waals surface area contributed by atoms with Crippen LogP contribution in [0.25, 0.3) is 0 Å². The van der Waals surface area contributed by atoms with Crippen LogP contribution >= 0.6 is 0 Å². The Labute approximate surface area is 96.2 Å². The number of ether oxygens (including phenoxy) is 1. The lowest BCUT2D eigenvalue weighted by atomic mass is 10.1. The summed E-state index contributed by atoms with van der Waals surface area (Å²) in [6.45, 7) is 2.13. The van der Waals surface area contributed by atoms with Crippen molar-refractivity contribution < 1.29 is 14.0 Å². The molecule has 0 saturated heterocycles. The minimum atomic E-state index is -0.782. The Balaban J connectivity index is 2.94. The summed E-state index contributed by atoms with van der Waals surface area (Å²) in [6, 6.07) is 7.76. The highest BCUT2D eigenvalue weighted by molar-refractivity contribution is 5.68. The van der Waals surface area contributed by atoms with Gasteiger partial charge in [-0.2, -0.15) is 0 Å². The average Bonchev–Trinajstić information content (AvgIpc) is 2.14. The molecule has 0 aromatic heterocycles. The van der Waals surface area contributed by atoms with E-state index in [2.05, 4.69) is 28.1 Å². The van der Waals surface area contributed by atoms with Crippen molar-refractivity contribution in [3.63, 3.8) is 0 Å². The van der Waals surface area contributed by atoms with Crippen molar-refractivity contribution in [1.29, 1.82) is 0 Å². The summed E-state index contributed by atoms with van der Waals surface area (Å²) in [5.74, 6) is 0.491. The average molecular weight is 223 g/mol. The standard InChI is InChI=1S/C12H18N2O2/c1-9(14(2,3)4)10-6-5-7-11(8-10)16-12(13)15/h5-9H,1-4H3,(H-,13,15)/p+1. The number of benzene rings is 1. The topological polar surface area (TPSA) is 52.3 Å². The highest BCUT2D eigenvalue weighted by atomic mass is 16.5. The maximum absolute atomic E-state index is 10.6. The second-order valence-electron chi connectivity index (χ2n) is 4.79. The van der Waals surface area contributed by atoms with Crippen LogP contribution in [0.2, 0.25) is 0 Å². The van der Waals surface area contributed by atoms with Crippen LogP contribution in [0.1, 0.15) is 18.5 Å². The third-order valence-corrected chi connectivity index (χ3v) is 2.72. The zero-order valence-corrected chi connectivity index (χ0v) is 10.2. The van der Waals surface area contributed by atoms with E-state index in [0.29, 0.717) is 11.8 Å². The Bertz CT molecular complexity index is 383. The van der Waals surface area contributed by atoms with Gasteiger partial charge in [-0.3, -0.25) is 0 Å². The van der Waals surface area contributed by atoms with Crippen LogP contribution in [-0.2, 0) is 0 Å². The van der Waals surface area contributed by atoms with E-state index in [1.165, 1.54) is 0 Å². The molecule has 0 heterocycles. The first-order valence-corrected chi connectivity index (χ1v) is 5.19. The molecule has 4 heteroatoms. The predicted molar refractivity (Wildman–Crippen MR) is 63.1 cm³/mol. The van der Waals surface area contributed by atoms with Gasteiger partial charge in [0.1, 0.15) is 11.8 Å². The van der Waals surface area contributed by atoms with E-state index in [1.54, 1.807) is 6.07 Å². The van der Waals surface area contributed by atoms with Gasteiger partial charge in [0.05, 0.1) is 21.1 Å². The Morgan fingerprint density at radius 1 is 1.38 bits per heavy atom. The number of nitrogens with zero attached hydrogens (tertiary/aromatic N) is 1. The lowest BCUT2D eigenvalue weighted by Gasteiger charge is -2.31. The number of carbonyl (C=O) groups is 1. The van der Waals surface area contributed by atoms with Crippen LogP contribution in [0.3, 0.4) is 0 Å². The van der Waals surface area contributed by atoms with Gasteiger partial charge >= 0.3 is 6.09 Å². The molecule has 1 rings (SSSR count). The zero-order chi connectivity index (χ0) is 12.3. The molecule has 1 aromatic rings. The molecule has 1 amide bonds. The van der Waals surface area contributed by atoms with Gasteiger partial charge in [0, 0.05) is 5.56 Å². The first-order valence-electron chi connectivity index (χ1n) is 5.19. The number of quaternary nitrogens is 1. The van der Waals surface area contributed by atoms with Crippen LogP contribution in [0.15, 0.2) is 24.3 Å². The molecule has 2 N–H and O–H groups in total. The van der Waals surface area contributed by atoms with Crippen molar-refractivity contribution in [3.05, 3.63) is 29.8 Å². The zero-order valence-electron chi connectivity index (χ0n) is 10.2. The van der Waals surface area contributed by atoms with E-state index in [9.17, 15) is 4.79 Å². The fourth-order valence-corrected chi connectivity index (χ4v) is 1.40. The molecule has 0 bridgehead atoms. The molecule has 1 atom stereocenters. The molecule has 0 aliphatic rings. The molecule has 0 radical (unpaired) electrons. The van der Waals surface area contributed by atoms with Gasteiger partial charge in [-0.1, -0.05) is 12.1 Å². The quantitative estimate of drug-likeness (QED) is 0.796. The minimum Gasteiger partial charge on any atom is -0.410 e. The fraction of sp³-hybridized carbons (Fsp3) is 0.417. The lowest BCUT2D eigenvalue weighted by molar-refractivity contribution is -0.900. The minimum absolute atomic E-state index is 0.316. The van der Waals surface area contributed by atoms with Crippen LogP contribution in [-0.4, -0.2) is 31.7 Å². The molecule has 0 aliphatic carbocycles. The molecule has 0 fully saturated rings. The molecule has 0 saturated carbocycles. The number of primary amides is 1. The largest absolute Gasteiger partial charge is 0.410 e. The summed E-state index contributed by atoms with van der Waals surface area (Å²) in [4.78, 5) is 10.6. The molecular weight excluding hydrogens is 204 g/mol. The predicted octanol–water partition coefficient (Wildman–Crippen LogP) is 1.91. The highest BCUT2D eigenvalue weighted by Gasteiger charge is 2.20. The van der Waals surface area contributed by atoms with Crippen molar-refractivity contribution in [2.75, 3.05) is 21.1 Å². The Morgan fingerprint density at radius 2 is 2.00 bits per heavy atom. The molecule has 0 spiro atoms. The normalized spacial score (nSPS) is 13.2. The van der Waals surface area contributed by atoms with Gasteiger partial charge in [0.25, 0.3) is 0 Å². The van der Waals surface area contributed by atoms with E-state index in [1.807, 2.05) is 18.2 Å². The molecule has 1 unspecified atom stereocenters. The van der Waals surface area contributed by atoms with Crippen LogP contribution in [0, 0.1) is 0 Å². The van der Waals surface area contributed by atoms with E-state index in [0.717, 1.165) is 10.0 Å². The number of rotatable bonds is 3. The van der Waals surface area contributed by atoms with Crippen molar-refractivity contribution in [3.8, 4) is 5.75 Å². The SMILES string of the molecule is CC(c1cccc(OC(N)=O)c1)[N+](C)(C)C. The number of hydrogen-bond donors (Lipinski definition) is 1. The summed E-state index contributed by atoms with van der Waals surface area (Å²) in [5.41, 5.74) is 6.09. The van der Waals surface area contributed by atoms with E-state index in [4.69, 9.17) is 10.5 Å². The Kier molecular flexibility index (Phi) is 3.55. The Morgan fingerprint density at radius 3 is 2.50 bits per heavy atom. The molecule has 16 heavy (non-hydrogen) atoms. The van der Waals surface area contributed by atoms with Crippen LogP contribution in [0.4, 0.5) is 4.79 Å². The van der Waals surface area contributed by atoms with E-state index < -0.39 is 6.09 Å². The molecule has 0 aliphatic heterocycles. The maximum Gasteiger partial charge on any atom is 0.409 e. The van der Waals surface area contributed by atoms with Gasteiger partial charge < -0.3 is 15.0 Å². The second-order valence-corrected chi connectivity index (χ2v) is 4.79. The summed E-state index contributed by atoms with van der Waals surface area (Å²) < 4.78 is 5.66. The van der Waals surface area contributed by atoms with Crippen molar-refractivity contribution in [2.45, 2.75) is 13.0 Å². The summed E-state index contributed by atoms with van der Waals surface area (Å²) in [5, 5.41) is 0. The first-order chi connectivity index (χ1) is 7.30. The molecule has 1 aromatic carbocycles. The summed E-state index contributed by atoms with van der Waals surface area (Å²) in [7, 11) is 6.35. The fourth-order valence-electron chi connectivity index (χ4n) is 1.40. The lowest BCUT2D eigenvalue weighted by Crippen LogP contribution is -2.37. The molecule has 4 nitrogen and oxygen atoms in total. The van der Waals surface area contributed by atoms with Gasteiger partial charge in [-0.05, 0) is 19.1 Å². The number of hydrogen-bond acceptors (Lipinski definition) is 2. The molecule has 88 valence electrons. The number of carbonyl (C=O) groups excluding carboxylic acids is 1. The van der Waals surface area contributed by atoms with Crippen molar-refractivity contribution >= 4 is 6.09 Å². The number of nitrogens with two attached hydrogens (primary N) is 1. The Hall–Kier alpha value is -1.55. The van der Waals surface area contributed by atoms with Gasteiger partial charge in [-0.25, -0.2) is 4.79 Å². The monoisotopic (exact) mass is 223 g/mol. The van der Waals surface area contributed by atoms with Crippen LogP contribution in [0.5, 0.6) is 5.75 Å². The second kappa shape index (κ2) is 4.53. The molecular formula is C12H19N2O2+. The van der Waals surface area contributed by atoms with Gasteiger partial charge in [-0.15, -0.1) is 0 Å². The van der Waals surface area contributed by atoms with Crippen molar-refractivity contribution in [1.82, 2.24) is 0 Å². The van der Waals surface area contributed by atoms with E-state index in [-0.39, 0.29) is 0 Å². The van der Waals surface area contributed by atoms with E-state index >= 15 is 0 Å². The van der Waals surface area contributed by atoms with Gasteiger partial charge in [0.15, 0.2) is 0 Å².